The Balaban J connectivity index is 1.95. The Morgan fingerprint density at radius 2 is 1.94 bits per heavy atom. The number of hydrogen-bond donors (Lipinski definition) is 1. The zero-order chi connectivity index (χ0) is 12.1. The van der Waals surface area contributed by atoms with Crippen LogP contribution in [0.5, 0.6) is 0 Å². The van der Waals surface area contributed by atoms with Crippen molar-refractivity contribution in [3.8, 4) is 0 Å². The minimum Gasteiger partial charge on any atom is -0.338 e. The highest BCUT2D eigenvalue weighted by atomic mass is 15.1. The molecule has 1 N–H and O–H groups in total. The van der Waals surface area contributed by atoms with E-state index in [-0.39, 0.29) is 0 Å². The summed E-state index contributed by atoms with van der Waals surface area (Å²) in [6.07, 6.45) is 8.62. The molecule has 92 valence electrons. The van der Waals surface area contributed by atoms with Gasteiger partial charge in [0, 0.05) is 44.8 Å². The molecule has 0 aliphatic carbocycles. The SMILES string of the molecule is CCNCc1nccn1CCc1nccn1C. The lowest BCUT2D eigenvalue weighted by atomic mass is 10.4. The molecular weight excluding hydrogens is 214 g/mol. The van der Waals surface area contributed by atoms with Crippen molar-refractivity contribution in [2.75, 3.05) is 6.54 Å². The summed E-state index contributed by atoms with van der Waals surface area (Å²) in [6.45, 7) is 4.81. The second-order valence-corrected chi connectivity index (χ2v) is 4.02. The molecule has 0 unspecified atom stereocenters. The molecule has 17 heavy (non-hydrogen) atoms. The monoisotopic (exact) mass is 233 g/mol. The number of nitrogens with zero attached hydrogens (tertiary/aromatic N) is 4. The van der Waals surface area contributed by atoms with Crippen LogP contribution in [0.1, 0.15) is 18.6 Å². The van der Waals surface area contributed by atoms with E-state index in [0.717, 1.165) is 37.7 Å². The Kier molecular flexibility index (Phi) is 3.93. The average Bonchev–Trinajstić information content (AvgIpc) is 2.93. The molecule has 0 bridgehead atoms. The van der Waals surface area contributed by atoms with Gasteiger partial charge in [0.25, 0.3) is 0 Å². The molecule has 0 atom stereocenters. The van der Waals surface area contributed by atoms with Crippen LogP contribution >= 0.6 is 0 Å². The van der Waals surface area contributed by atoms with Crippen LogP contribution < -0.4 is 5.32 Å². The van der Waals surface area contributed by atoms with Gasteiger partial charge in [-0.1, -0.05) is 6.92 Å². The Hall–Kier alpha value is -1.62. The smallest absolute Gasteiger partial charge is 0.122 e. The van der Waals surface area contributed by atoms with Gasteiger partial charge >= 0.3 is 0 Å². The van der Waals surface area contributed by atoms with Crippen molar-refractivity contribution >= 4 is 0 Å². The maximum atomic E-state index is 4.35. The molecule has 0 fully saturated rings. The molecule has 0 amide bonds. The molecule has 5 heteroatoms. The van der Waals surface area contributed by atoms with Gasteiger partial charge in [-0.05, 0) is 6.54 Å². The number of hydrogen-bond acceptors (Lipinski definition) is 3. The molecule has 2 aromatic rings. The Bertz CT molecular complexity index is 457. The zero-order valence-electron chi connectivity index (χ0n) is 10.4. The number of rotatable bonds is 6. The first kappa shape index (κ1) is 11.9. The fourth-order valence-corrected chi connectivity index (χ4v) is 1.81. The fourth-order valence-electron chi connectivity index (χ4n) is 1.81. The third-order valence-corrected chi connectivity index (χ3v) is 2.83. The summed E-state index contributed by atoms with van der Waals surface area (Å²) >= 11 is 0. The molecule has 2 heterocycles. The highest BCUT2D eigenvalue weighted by Crippen LogP contribution is 2.02. The lowest BCUT2D eigenvalue weighted by molar-refractivity contribution is 0.590. The van der Waals surface area contributed by atoms with Gasteiger partial charge in [0.15, 0.2) is 0 Å². The molecule has 5 nitrogen and oxygen atoms in total. The summed E-state index contributed by atoms with van der Waals surface area (Å²) in [5.74, 6) is 2.19. The van der Waals surface area contributed by atoms with Gasteiger partial charge in [0.05, 0.1) is 6.54 Å². The lowest BCUT2D eigenvalue weighted by Crippen LogP contribution is -2.17. The first-order valence-corrected chi connectivity index (χ1v) is 5.98. The van der Waals surface area contributed by atoms with E-state index in [0.29, 0.717) is 0 Å². The van der Waals surface area contributed by atoms with E-state index in [2.05, 4.69) is 31.3 Å². The van der Waals surface area contributed by atoms with Crippen LogP contribution in [0.2, 0.25) is 0 Å². The van der Waals surface area contributed by atoms with E-state index in [1.54, 1.807) is 0 Å². The molecule has 0 aromatic carbocycles. The summed E-state index contributed by atoms with van der Waals surface area (Å²) in [5, 5.41) is 3.29. The van der Waals surface area contributed by atoms with Gasteiger partial charge in [0.1, 0.15) is 11.6 Å². The van der Waals surface area contributed by atoms with Crippen molar-refractivity contribution in [2.24, 2.45) is 7.05 Å². The average molecular weight is 233 g/mol. The van der Waals surface area contributed by atoms with Crippen molar-refractivity contribution < 1.29 is 0 Å². The number of aromatic nitrogens is 4. The number of imidazole rings is 2. The summed E-state index contributed by atoms with van der Waals surface area (Å²) in [4.78, 5) is 8.67. The van der Waals surface area contributed by atoms with E-state index in [9.17, 15) is 0 Å². The van der Waals surface area contributed by atoms with E-state index >= 15 is 0 Å². The highest BCUT2D eigenvalue weighted by Gasteiger charge is 2.04. The van der Waals surface area contributed by atoms with Gasteiger partial charge in [-0.2, -0.15) is 0 Å². The van der Waals surface area contributed by atoms with Crippen LogP contribution in [0.4, 0.5) is 0 Å². The predicted octanol–water partition coefficient (Wildman–Crippen LogP) is 0.969. The van der Waals surface area contributed by atoms with Crippen LogP contribution in [0.3, 0.4) is 0 Å². The standard InChI is InChI=1S/C12H19N5/c1-3-13-10-12-15-6-9-17(12)7-4-11-14-5-8-16(11)2/h5-6,8-9,13H,3-4,7,10H2,1-2H3. The largest absolute Gasteiger partial charge is 0.338 e. The minimum atomic E-state index is 0.823. The van der Waals surface area contributed by atoms with E-state index in [4.69, 9.17) is 0 Å². The zero-order valence-corrected chi connectivity index (χ0v) is 10.4. The third kappa shape index (κ3) is 2.94. The maximum absolute atomic E-state index is 4.35. The predicted molar refractivity (Wildman–Crippen MR) is 66.5 cm³/mol. The first-order valence-electron chi connectivity index (χ1n) is 5.98. The molecule has 0 radical (unpaired) electrons. The van der Waals surface area contributed by atoms with Gasteiger partial charge in [-0.15, -0.1) is 0 Å². The summed E-state index contributed by atoms with van der Waals surface area (Å²) in [7, 11) is 2.02. The van der Waals surface area contributed by atoms with Crippen LogP contribution in [-0.2, 0) is 26.6 Å². The summed E-state index contributed by atoms with van der Waals surface area (Å²) in [6, 6.07) is 0. The van der Waals surface area contributed by atoms with Gasteiger partial charge < -0.3 is 14.5 Å². The van der Waals surface area contributed by atoms with Gasteiger partial charge in [-0.3, -0.25) is 0 Å². The topological polar surface area (TPSA) is 47.7 Å². The third-order valence-electron chi connectivity index (χ3n) is 2.83. The molecule has 0 spiro atoms. The van der Waals surface area contributed by atoms with Gasteiger partial charge in [-0.25, -0.2) is 9.97 Å². The molecule has 2 aromatic heterocycles. The molecular formula is C12H19N5. The van der Waals surface area contributed by atoms with Crippen molar-refractivity contribution in [2.45, 2.75) is 26.4 Å². The quantitative estimate of drug-likeness (QED) is 0.808. The van der Waals surface area contributed by atoms with Crippen molar-refractivity contribution in [1.29, 1.82) is 0 Å². The van der Waals surface area contributed by atoms with Crippen molar-refractivity contribution in [3.63, 3.8) is 0 Å². The molecule has 0 saturated carbocycles. The maximum Gasteiger partial charge on any atom is 0.122 e. The van der Waals surface area contributed by atoms with Crippen molar-refractivity contribution in [3.05, 3.63) is 36.4 Å². The van der Waals surface area contributed by atoms with Crippen LogP contribution in [0.25, 0.3) is 0 Å². The summed E-state index contributed by atoms with van der Waals surface area (Å²) in [5.41, 5.74) is 0. The molecule has 0 aliphatic rings. The first-order chi connectivity index (χ1) is 8.31. The second kappa shape index (κ2) is 5.63. The van der Waals surface area contributed by atoms with Crippen LogP contribution in [0.15, 0.2) is 24.8 Å². The minimum absolute atomic E-state index is 0.823. The molecule has 2 rings (SSSR count). The normalized spacial score (nSPS) is 10.9. The van der Waals surface area contributed by atoms with E-state index in [1.165, 1.54) is 0 Å². The van der Waals surface area contributed by atoms with E-state index < -0.39 is 0 Å². The Morgan fingerprint density at radius 3 is 2.65 bits per heavy atom. The number of nitrogens with one attached hydrogen (secondary N) is 1. The lowest BCUT2D eigenvalue weighted by Gasteiger charge is -2.08. The van der Waals surface area contributed by atoms with Crippen LogP contribution in [-0.4, -0.2) is 25.6 Å². The summed E-state index contributed by atoms with van der Waals surface area (Å²) < 4.78 is 4.23. The van der Waals surface area contributed by atoms with Crippen molar-refractivity contribution in [1.82, 2.24) is 24.4 Å². The Morgan fingerprint density at radius 1 is 1.18 bits per heavy atom. The van der Waals surface area contributed by atoms with Crippen LogP contribution in [0, 0.1) is 0 Å². The highest BCUT2D eigenvalue weighted by molar-refractivity contribution is 4.95. The second-order valence-electron chi connectivity index (χ2n) is 4.02. The molecule has 0 aliphatic heterocycles. The van der Waals surface area contributed by atoms with Gasteiger partial charge in [0.2, 0.25) is 0 Å². The van der Waals surface area contributed by atoms with E-state index in [1.807, 2.05) is 31.8 Å². The number of aryl methyl sites for hydroxylation is 3. The molecule has 0 saturated heterocycles. The fraction of sp³-hybridized carbons (Fsp3) is 0.500. The Labute approximate surface area is 102 Å².